The summed E-state index contributed by atoms with van der Waals surface area (Å²) in [5.41, 5.74) is 5.14. The fourth-order valence-electron chi connectivity index (χ4n) is 3.98. The van der Waals surface area contributed by atoms with Crippen LogP contribution in [0.1, 0.15) is 29.9 Å². The molecule has 33 heavy (non-hydrogen) atoms. The average molecular weight is 582 g/mol. The van der Waals surface area contributed by atoms with E-state index < -0.39 is 0 Å². The average Bonchev–Trinajstić information content (AvgIpc) is 3.46. The number of carbonyl (C=O) groups excluding carboxylic acids is 1. The molecule has 3 heterocycles. The minimum Gasteiger partial charge on any atom is -0.493 e. The van der Waals surface area contributed by atoms with E-state index in [0.717, 1.165) is 46.2 Å². The van der Waals surface area contributed by atoms with Crippen molar-refractivity contribution in [1.29, 1.82) is 0 Å². The Morgan fingerprint density at radius 3 is 2.42 bits per heavy atom. The third-order valence-electron chi connectivity index (χ3n) is 5.61. The van der Waals surface area contributed by atoms with Crippen LogP contribution in [0.2, 0.25) is 0 Å². The number of ether oxygens (including phenoxy) is 2. The molecule has 0 bridgehead atoms. The molecule has 178 valence electrons. The summed E-state index contributed by atoms with van der Waals surface area (Å²) in [6.07, 6.45) is 0.857. The van der Waals surface area contributed by atoms with Crippen LogP contribution in [0.15, 0.2) is 35.7 Å². The van der Waals surface area contributed by atoms with Crippen molar-refractivity contribution in [2.24, 2.45) is 0 Å². The maximum Gasteiger partial charge on any atom is 0.284 e. The predicted octanol–water partition coefficient (Wildman–Crippen LogP) is 5.84. The lowest BCUT2D eigenvalue weighted by Crippen LogP contribution is -2.39. The molecule has 0 unspecified atom stereocenters. The topological polar surface area (TPSA) is 46.9 Å². The molecule has 4 rings (SSSR count). The molecule has 0 aliphatic carbocycles. The van der Waals surface area contributed by atoms with Crippen molar-refractivity contribution in [3.8, 4) is 33.2 Å². The fourth-order valence-corrected chi connectivity index (χ4v) is 4.73. The predicted molar refractivity (Wildman–Crippen MR) is 145 cm³/mol. The highest BCUT2D eigenvalue weighted by Gasteiger charge is 2.30. The molecular weight excluding hydrogens is 549 g/mol. The maximum absolute atomic E-state index is 13.3. The Balaban J connectivity index is 0.00000149. The van der Waals surface area contributed by atoms with E-state index in [0.29, 0.717) is 5.69 Å². The molecule has 0 N–H and O–H groups in total. The number of hydrogen-bond donors (Lipinski definition) is 0. The molecule has 1 amide bonds. The van der Waals surface area contributed by atoms with Crippen LogP contribution in [0.3, 0.4) is 0 Å². The van der Waals surface area contributed by atoms with E-state index in [-0.39, 0.29) is 12.0 Å². The summed E-state index contributed by atoms with van der Waals surface area (Å²) in [5.74, 6) is 1.44. The number of hydrogen-bond acceptors (Lipinski definition) is 5. The van der Waals surface area contributed by atoms with Gasteiger partial charge < -0.3 is 14.0 Å². The van der Waals surface area contributed by atoms with Gasteiger partial charge in [-0.1, -0.05) is 28.7 Å². The van der Waals surface area contributed by atoms with Crippen LogP contribution in [0.5, 0.6) is 11.5 Å². The number of fused-ring (bicyclic) bond motifs is 3. The standard InChI is InChI=1S/C24H29N3O3S.CH3I/c1-15(2)30-21-14-17-16(12-20(21)29-6)9-10-27-19(24(28)26(5)25(3)4)13-18(23(17)27)22-8-7-11-31-22;1-2/h7-8,11-15H,9-10H2,1-6H3;1H3. The summed E-state index contributed by atoms with van der Waals surface area (Å²) in [5, 5.41) is 5.50. The Bertz CT molecular complexity index is 1110. The number of rotatable bonds is 6. The van der Waals surface area contributed by atoms with Crippen molar-refractivity contribution in [2.75, 3.05) is 33.2 Å². The van der Waals surface area contributed by atoms with Crippen molar-refractivity contribution < 1.29 is 14.3 Å². The molecular formula is C25H32IN3O3S. The van der Waals surface area contributed by atoms with Gasteiger partial charge in [-0.25, -0.2) is 5.01 Å². The van der Waals surface area contributed by atoms with Gasteiger partial charge >= 0.3 is 0 Å². The summed E-state index contributed by atoms with van der Waals surface area (Å²) in [4.78, 5) is 16.4. The molecule has 1 aromatic carbocycles. The second-order valence-electron chi connectivity index (χ2n) is 8.17. The molecule has 0 fully saturated rings. The van der Waals surface area contributed by atoms with E-state index in [1.807, 2.05) is 45.0 Å². The lowest BCUT2D eigenvalue weighted by atomic mass is 9.95. The van der Waals surface area contributed by atoms with Crippen molar-refractivity contribution in [1.82, 2.24) is 14.6 Å². The Hall–Kier alpha value is -2.04. The summed E-state index contributed by atoms with van der Waals surface area (Å²) in [7, 11) is 7.21. The third-order valence-corrected chi connectivity index (χ3v) is 6.51. The molecule has 3 aromatic rings. The smallest absolute Gasteiger partial charge is 0.284 e. The van der Waals surface area contributed by atoms with Gasteiger partial charge in [-0.05, 0) is 60.4 Å². The normalized spacial score (nSPS) is 12.1. The van der Waals surface area contributed by atoms with Crippen LogP contribution in [-0.2, 0) is 13.0 Å². The van der Waals surface area contributed by atoms with Gasteiger partial charge in [-0.15, -0.1) is 11.3 Å². The largest absolute Gasteiger partial charge is 0.493 e. The molecule has 2 aromatic heterocycles. The quantitative estimate of drug-likeness (QED) is 0.209. The molecule has 0 atom stereocenters. The third kappa shape index (κ3) is 5.07. The van der Waals surface area contributed by atoms with Crippen LogP contribution < -0.4 is 9.47 Å². The number of nitrogens with zero attached hydrogens (tertiary/aromatic N) is 3. The number of hydrazine groups is 1. The monoisotopic (exact) mass is 581 g/mol. The molecule has 0 saturated heterocycles. The van der Waals surface area contributed by atoms with E-state index in [9.17, 15) is 4.79 Å². The Labute approximate surface area is 214 Å². The zero-order valence-electron chi connectivity index (χ0n) is 20.3. The van der Waals surface area contributed by atoms with Crippen LogP contribution >= 0.6 is 33.9 Å². The van der Waals surface area contributed by atoms with Gasteiger partial charge in [-0.2, -0.15) is 0 Å². The SMILES string of the molecule is CI.COc1cc2c(cc1OC(C)C)-c1c(-c3cccs3)cc(C(=O)N(C)N(C)C)n1CC2. The van der Waals surface area contributed by atoms with Gasteiger partial charge in [-0.3, -0.25) is 9.80 Å². The van der Waals surface area contributed by atoms with Crippen LogP contribution in [0.25, 0.3) is 21.7 Å². The molecule has 1 aliphatic heterocycles. The van der Waals surface area contributed by atoms with Crippen LogP contribution in [0, 0.1) is 0 Å². The Kier molecular flexibility index (Phi) is 8.47. The van der Waals surface area contributed by atoms with Crippen molar-refractivity contribution >= 4 is 39.8 Å². The number of aromatic nitrogens is 1. The second kappa shape index (κ2) is 10.9. The number of methoxy groups -OCH3 is 1. The van der Waals surface area contributed by atoms with E-state index >= 15 is 0 Å². The number of carbonyl (C=O) groups is 1. The van der Waals surface area contributed by atoms with Gasteiger partial charge in [0.25, 0.3) is 5.91 Å². The van der Waals surface area contributed by atoms with Gasteiger partial charge in [0.1, 0.15) is 5.69 Å². The van der Waals surface area contributed by atoms with Crippen molar-refractivity contribution in [3.05, 3.63) is 47.0 Å². The van der Waals surface area contributed by atoms with E-state index in [4.69, 9.17) is 9.47 Å². The summed E-state index contributed by atoms with van der Waals surface area (Å²) in [6, 6.07) is 10.3. The van der Waals surface area contributed by atoms with Gasteiger partial charge in [0.05, 0.1) is 18.9 Å². The highest BCUT2D eigenvalue weighted by Crippen LogP contribution is 2.45. The summed E-state index contributed by atoms with van der Waals surface area (Å²) < 4.78 is 13.8. The fraction of sp³-hybridized carbons (Fsp3) is 0.400. The minimum atomic E-state index is -0.0235. The Morgan fingerprint density at radius 1 is 1.12 bits per heavy atom. The van der Waals surface area contributed by atoms with Crippen molar-refractivity contribution in [2.45, 2.75) is 32.9 Å². The minimum absolute atomic E-state index is 0.0235. The zero-order chi connectivity index (χ0) is 24.3. The first kappa shape index (κ1) is 25.6. The summed E-state index contributed by atoms with van der Waals surface area (Å²) in [6.45, 7) is 4.75. The highest BCUT2D eigenvalue weighted by atomic mass is 127. The molecule has 8 heteroatoms. The molecule has 0 radical (unpaired) electrons. The van der Waals surface area contributed by atoms with E-state index in [1.54, 1.807) is 35.5 Å². The zero-order valence-corrected chi connectivity index (χ0v) is 23.3. The summed E-state index contributed by atoms with van der Waals surface area (Å²) >= 11 is 3.83. The number of aryl methyl sites for hydroxylation is 1. The number of benzene rings is 1. The van der Waals surface area contributed by atoms with E-state index in [1.165, 1.54) is 5.56 Å². The number of halogens is 1. The van der Waals surface area contributed by atoms with E-state index in [2.05, 4.69) is 50.7 Å². The van der Waals surface area contributed by atoms with Gasteiger partial charge in [0, 0.05) is 43.7 Å². The first-order valence-corrected chi connectivity index (χ1v) is 13.8. The first-order chi connectivity index (χ1) is 15.8. The second-order valence-corrected chi connectivity index (χ2v) is 9.12. The van der Waals surface area contributed by atoms with Crippen molar-refractivity contribution in [3.63, 3.8) is 0 Å². The number of alkyl halides is 1. The lowest BCUT2D eigenvalue weighted by Gasteiger charge is -2.27. The Morgan fingerprint density at radius 2 is 1.85 bits per heavy atom. The molecule has 0 saturated carbocycles. The van der Waals surface area contributed by atoms with Crippen LogP contribution in [0.4, 0.5) is 0 Å². The van der Waals surface area contributed by atoms with Gasteiger partial charge in [0.2, 0.25) is 0 Å². The first-order valence-electron chi connectivity index (χ1n) is 10.8. The lowest BCUT2D eigenvalue weighted by molar-refractivity contribution is 0.0331. The number of thiophene rings is 1. The van der Waals surface area contributed by atoms with Crippen LogP contribution in [-0.4, -0.2) is 59.8 Å². The highest BCUT2D eigenvalue weighted by molar-refractivity contribution is 14.1. The molecule has 0 spiro atoms. The van der Waals surface area contributed by atoms with Gasteiger partial charge in [0.15, 0.2) is 11.5 Å². The number of amides is 1. The molecule has 6 nitrogen and oxygen atoms in total. The molecule has 1 aliphatic rings. The maximum atomic E-state index is 13.3.